The van der Waals surface area contributed by atoms with E-state index in [9.17, 15) is 27.6 Å². The molecule has 4 N–H and O–H groups in total. The topological polar surface area (TPSA) is 111 Å². The highest BCUT2D eigenvalue weighted by Gasteiger charge is 2.32. The summed E-state index contributed by atoms with van der Waals surface area (Å²) in [4.78, 5) is 36.8. The second-order valence-electron chi connectivity index (χ2n) is 7.79. The molecule has 3 amide bonds. The Balaban J connectivity index is 2.03. The molecule has 0 aliphatic rings. The third-order valence-electron chi connectivity index (χ3n) is 4.79. The van der Waals surface area contributed by atoms with E-state index in [2.05, 4.69) is 10.6 Å². The highest BCUT2D eigenvalue weighted by atomic mass is 19.4. The molecule has 0 fully saturated rings. The zero-order valence-electron chi connectivity index (χ0n) is 18.2. The van der Waals surface area contributed by atoms with E-state index in [-0.39, 0.29) is 24.5 Å². The summed E-state index contributed by atoms with van der Waals surface area (Å²) >= 11 is 0. The fourth-order valence-corrected chi connectivity index (χ4v) is 3.02. The van der Waals surface area contributed by atoms with Crippen molar-refractivity contribution in [1.29, 1.82) is 0 Å². The van der Waals surface area contributed by atoms with Crippen LogP contribution in [0.25, 0.3) is 0 Å². The van der Waals surface area contributed by atoms with Crippen LogP contribution in [0.15, 0.2) is 54.6 Å². The number of benzene rings is 2. The molecule has 0 saturated carbocycles. The van der Waals surface area contributed by atoms with Crippen molar-refractivity contribution in [2.24, 2.45) is 11.7 Å². The number of primary amides is 1. The first-order valence-electron chi connectivity index (χ1n) is 10.2. The van der Waals surface area contributed by atoms with Crippen molar-refractivity contribution in [2.45, 2.75) is 45.1 Å². The Morgan fingerprint density at radius 1 is 0.970 bits per heavy atom. The molecule has 0 spiro atoms. The Morgan fingerprint density at radius 3 is 2.18 bits per heavy atom. The molecule has 0 radical (unpaired) electrons. The summed E-state index contributed by atoms with van der Waals surface area (Å²) in [5.74, 6) is -2.01. The minimum Gasteiger partial charge on any atom is -0.445 e. The molecule has 7 nitrogen and oxygen atoms in total. The van der Waals surface area contributed by atoms with Crippen molar-refractivity contribution < 1.29 is 32.3 Å². The first-order chi connectivity index (χ1) is 15.5. The summed E-state index contributed by atoms with van der Waals surface area (Å²) in [6.45, 7) is 3.35. The molecule has 2 aromatic rings. The zero-order chi connectivity index (χ0) is 24.6. The van der Waals surface area contributed by atoms with Crippen LogP contribution in [-0.2, 0) is 33.5 Å². The molecular weight excluding hydrogens is 439 g/mol. The minimum absolute atomic E-state index is 0.00142. The van der Waals surface area contributed by atoms with E-state index in [1.807, 2.05) is 6.07 Å². The van der Waals surface area contributed by atoms with Gasteiger partial charge in [0.15, 0.2) is 0 Å². The van der Waals surface area contributed by atoms with Crippen LogP contribution in [0.3, 0.4) is 0 Å². The highest BCUT2D eigenvalue weighted by molar-refractivity contribution is 5.91. The molecule has 0 heterocycles. The lowest BCUT2D eigenvalue weighted by Crippen LogP contribution is -2.55. The van der Waals surface area contributed by atoms with Gasteiger partial charge in [0.05, 0.1) is 5.56 Å². The van der Waals surface area contributed by atoms with Crippen molar-refractivity contribution in [1.82, 2.24) is 10.6 Å². The molecule has 0 aliphatic heterocycles. The summed E-state index contributed by atoms with van der Waals surface area (Å²) in [6.07, 6.45) is -5.62. The maximum atomic E-state index is 12.9. The van der Waals surface area contributed by atoms with Crippen LogP contribution in [0.4, 0.5) is 18.0 Å². The first kappa shape index (κ1) is 25.7. The molecule has 2 atom stereocenters. The van der Waals surface area contributed by atoms with Crippen LogP contribution >= 0.6 is 0 Å². The molecule has 0 saturated heterocycles. The van der Waals surface area contributed by atoms with Crippen molar-refractivity contribution in [3.05, 3.63) is 71.3 Å². The number of halogens is 3. The Bertz CT molecular complexity index is 965. The average molecular weight is 465 g/mol. The van der Waals surface area contributed by atoms with Crippen LogP contribution in [-0.4, -0.2) is 30.0 Å². The van der Waals surface area contributed by atoms with Crippen LogP contribution in [0.1, 0.15) is 30.5 Å². The normalized spacial score (nSPS) is 13.2. The maximum Gasteiger partial charge on any atom is 0.416 e. The Morgan fingerprint density at radius 2 is 1.61 bits per heavy atom. The number of hydrogen-bond donors (Lipinski definition) is 3. The molecule has 178 valence electrons. The fourth-order valence-electron chi connectivity index (χ4n) is 3.02. The molecule has 0 aromatic heterocycles. The number of nitrogens with one attached hydrogen (secondary N) is 2. The number of carbonyl (C=O) groups is 3. The van der Waals surface area contributed by atoms with E-state index in [1.54, 1.807) is 38.1 Å². The minimum atomic E-state index is -4.55. The summed E-state index contributed by atoms with van der Waals surface area (Å²) in [5, 5.41) is 4.87. The number of nitrogens with two attached hydrogens (primary N) is 1. The van der Waals surface area contributed by atoms with E-state index in [0.717, 1.165) is 17.7 Å². The summed E-state index contributed by atoms with van der Waals surface area (Å²) in [5.41, 5.74) is 5.41. The maximum absolute atomic E-state index is 12.9. The quantitative estimate of drug-likeness (QED) is 0.528. The SMILES string of the molecule is CC(C)[C@@H](NC(=O)OCc1ccccc1)C(=O)N[C@H](Cc1cccc(C(F)(F)F)c1)C(N)=O. The number of rotatable bonds is 9. The smallest absolute Gasteiger partial charge is 0.416 e. The molecular formula is C23H26F3N3O4. The largest absolute Gasteiger partial charge is 0.445 e. The van der Waals surface area contributed by atoms with Gasteiger partial charge in [-0.15, -0.1) is 0 Å². The van der Waals surface area contributed by atoms with Crippen LogP contribution in [0, 0.1) is 5.92 Å². The van der Waals surface area contributed by atoms with Gasteiger partial charge >= 0.3 is 12.3 Å². The number of carbonyl (C=O) groups excluding carboxylic acids is 3. The third-order valence-corrected chi connectivity index (χ3v) is 4.79. The standard InChI is InChI=1S/C23H26F3N3O4/c1-14(2)19(29-22(32)33-13-15-7-4-3-5-8-15)21(31)28-18(20(27)30)12-16-9-6-10-17(11-16)23(24,25)26/h3-11,14,18-19H,12-13H2,1-2H3,(H2,27,30)(H,28,31)(H,29,32)/t18-,19-/m1/s1. The second-order valence-corrected chi connectivity index (χ2v) is 7.79. The van der Waals surface area contributed by atoms with Gasteiger partial charge in [0.2, 0.25) is 11.8 Å². The molecule has 0 unspecified atom stereocenters. The predicted octanol–water partition coefficient (Wildman–Crippen LogP) is 3.17. The van der Waals surface area contributed by atoms with E-state index >= 15 is 0 Å². The van der Waals surface area contributed by atoms with Crippen molar-refractivity contribution in [2.75, 3.05) is 0 Å². The van der Waals surface area contributed by atoms with Gasteiger partial charge in [-0.1, -0.05) is 62.4 Å². The number of alkyl carbamates (subject to hydrolysis) is 1. The number of alkyl halides is 3. The van der Waals surface area contributed by atoms with Gasteiger partial charge in [0.1, 0.15) is 18.7 Å². The molecule has 0 bridgehead atoms. The van der Waals surface area contributed by atoms with Crippen molar-refractivity contribution >= 4 is 17.9 Å². The Labute approximate surface area is 189 Å². The van der Waals surface area contributed by atoms with Crippen molar-refractivity contribution in [3.63, 3.8) is 0 Å². The van der Waals surface area contributed by atoms with E-state index < -0.39 is 41.7 Å². The zero-order valence-corrected chi connectivity index (χ0v) is 18.2. The fraction of sp³-hybridized carbons (Fsp3) is 0.348. The van der Waals surface area contributed by atoms with Crippen LogP contribution < -0.4 is 16.4 Å². The average Bonchev–Trinajstić information content (AvgIpc) is 2.75. The van der Waals surface area contributed by atoms with Crippen molar-refractivity contribution in [3.8, 4) is 0 Å². The van der Waals surface area contributed by atoms with E-state index in [0.29, 0.717) is 0 Å². The van der Waals surface area contributed by atoms with Gasteiger partial charge in [-0.2, -0.15) is 13.2 Å². The molecule has 2 rings (SSSR count). The van der Waals surface area contributed by atoms with E-state index in [1.165, 1.54) is 12.1 Å². The number of amides is 3. The predicted molar refractivity (Wildman–Crippen MR) is 115 cm³/mol. The van der Waals surface area contributed by atoms with Gasteiger partial charge in [0, 0.05) is 6.42 Å². The number of hydrogen-bond acceptors (Lipinski definition) is 4. The molecule has 10 heteroatoms. The number of ether oxygens (including phenoxy) is 1. The van der Waals surface area contributed by atoms with Crippen LogP contribution in [0.5, 0.6) is 0 Å². The molecule has 33 heavy (non-hydrogen) atoms. The lowest BCUT2D eigenvalue weighted by molar-refractivity contribution is -0.137. The monoisotopic (exact) mass is 465 g/mol. The van der Waals surface area contributed by atoms with Gasteiger partial charge in [-0.25, -0.2) is 4.79 Å². The van der Waals surface area contributed by atoms with Gasteiger partial charge in [-0.3, -0.25) is 9.59 Å². The lowest BCUT2D eigenvalue weighted by Gasteiger charge is -2.24. The van der Waals surface area contributed by atoms with Gasteiger partial charge in [0.25, 0.3) is 0 Å². The lowest BCUT2D eigenvalue weighted by atomic mass is 10.0. The Hall–Kier alpha value is -3.56. The van der Waals surface area contributed by atoms with E-state index in [4.69, 9.17) is 10.5 Å². The summed E-state index contributed by atoms with van der Waals surface area (Å²) in [6, 6.07) is 11.0. The second kappa shape index (κ2) is 11.3. The molecule has 0 aliphatic carbocycles. The van der Waals surface area contributed by atoms with Crippen LogP contribution in [0.2, 0.25) is 0 Å². The van der Waals surface area contributed by atoms with Gasteiger partial charge in [-0.05, 0) is 23.1 Å². The van der Waals surface area contributed by atoms with Gasteiger partial charge < -0.3 is 21.1 Å². The summed E-state index contributed by atoms with van der Waals surface area (Å²) < 4.78 is 44.0. The Kier molecular flexibility index (Phi) is 8.84. The summed E-state index contributed by atoms with van der Waals surface area (Å²) in [7, 11) is 0. The molecule has 2 aromatic carbocycles. The highest BCUT2D eigenvalue weighted by Crippen LogP contribution is 2.29. The first-order valence-corrected chi connectivity index (χ1v) is 10.2. The third kappa shape index (κ3) is 8.13.